The van der Waals surface area contributed by atoms with E-state index in [0.29, 0.717) is 6.42 Å². The minimum atomic E-state index is -1.37. The molecule has 2 fully saturated rings. The van der Waals surface area contributed by atoms with E-state index in [2.05, 4.69) is 36.4 Å². The highest BCUT2D eigenvalue weighted by Gasteiger charge is 2.67. The van der Waals surface area contributed by atoms with E-state index in [1.807, 2.05) is 68.5 Å². The number of rotatable bonds is 2. The van der Waals surface area contributed by atoms with Crippen molar-refractivity contribution in [2.75, 3.05) is 4.90 Å². The summed E-state index contributed by atoms with van der Waals surface area (Å²) in [5.41, 5.74) is 2.44. The molecule has 1 aromatic heterocycles. The molecule has 0 radical (unpaired) electrons. The van der Waals surface area contributed by atoms with Crippen LogP contribution in [0.5, 0.6) is 0 Å². The number of amides is 2. The number of fused-ring (bicyclic) bond motifs is 9. The molecule has 39 heavy (non-hydrogen) atoms. The first-order valence-electron chi connectivity index (χ1n) is 13.7. The average molecular weight is 523 g/mol. The van der Waals surface area contributed by atoms with Gasteiger partial charge >= 0.3 is 0 Å². The van der Waals surface area contributed by atoms with E-state index in [9.17, 15) is 14.7 Å². The largest absolute Gasteiger partial charge is 0.381 e. The number of carbonyl (C=O) groups excluding carboxylic acids is 2. The maximum Gasteiger partial charge on any atom is 0.250 e. The Morgan fingerprint density at radius 2 is 1.77 bits per heavy atom. The molecule has 4 aliphatic heterocycles. The Balaban J connectivity index is 1.39. The highest BCUT2D eigenvalue weighted by molar-refractivity contribution is 6.00. The Labute approximate surface area is 228 Å². The second kappa shape index (κ2) is 7.63. The number of piperazine rings is 1. The van der Waals surface area contributed by atoms with E-state index in [-0.39, 0.29) is 23.7 Å². The highest BCUT2D eigenvalue weighted by atomic mass is 16.3. The minimum Gasteiger partial charge on any atom is -0.381 e. The van der Waals surface area contributed by atoms with Crippen molar-refractivity contribution in [3.8, 4) is 0 Å². The predicted molar refractivity (Wildman–Crippen MR) is 151 cm³/mol. The Hall–Kier alpha value is -3.84. The first-order valence-corrected chi connectivity index (χ1v) is 13.7. The normalized spacial score (nSPS) is 29.8. The van der Waals surface area contributed by atoms with Crippen molar-refractivity contribution in [1.82, 2.24) is 14.8 Å². The van der Waals surface area contributed by atoms with Gasteiger partial charge in [-0.15, -0.1) is 6.58 Å². The molecule has 1 unspecified atom stereocenters. The predicted octanol–water partition coefficient (Wildman–Crippen LogP) is 4.33. The van der Waals surface area contributed by atoms with Crippen LogP contribution in [0.1, 0.15) is 50.9 Å². The Morgan fingerprint density at radius 1 is 1.05 bits per heavy atom. The zero-order chi connectivity index (χ0) is 27.5. The minimum absolute atomic E-state index is 0.140. The highest BCUT2D eigenvalue weighted by Crippen LogP contribution is 2.56. The molecule has 200 valence electrons. The van der Waals surface area contributed by atoms with Gasteiger partial charge in [-0.1, -0.05) is 62.4 Å². The molecule has 2 aromatic carbocycles. The van der Waals surface area contributed by atoms with Crippen molar-refractivity contribution in [3.05, 3.63) is 90.3 Å². The molecule has 5 heterocycles. The van der Waals surface area contributed by atoms with Crippen LogP contribution < -0.4 is 4.90 Å². The standard InChI is InChI=1S/C32H34N4O3/c1-6-31(4,5)36-23-14-10-8-12-21(23)32(39)18-25-27(37)34-16-15-30(2,3)26-20(19-11-7-9-13-22(19)33-26)17-24(34)28(38)35(25)29(32)36/h6-16,24-25,29,33,39H,1,17-18H2,2-5H3/b16-15-/t24?,25-,29-,32-/m0/s1. The van der Waals surface area contributed by atoms with Gasteiger partial charge in [0.25, 0.3) is 0 Å². The van der Waals surface area contributed by atoms with Gasteiger partial charge in [-0.25, -0.2) is 0 Å². The van der Waals surface area contributed by atoms with Crippen LogP contribution in [0.4, 0.5) is 5.69 Å². The van der Waals surface area contributed by atoms with E-state index in [4.69, 9.17) is 0 Å². The molecule has 2 N–H and O–H groups in total. The van der Waals surface area contributed by atoms with Crippen LogP contribution in [0.15, 0.2) is 73.5 Å². The van der Waals surface area contributed by atoms with Gasteiger partial charge < -0.3 is 24.8 Å². The number of allylic oxidation sites excluding steroid dienone is 1. The van der Waals surface area contributed by atoms with Crippen molar-refractivity contribution in [2.45, 2.75) is 75.3 Å². The second-order valence-electron chi connectivity index (χ2n) is 12.5. The molecule has 0 saturated carbocycles. The molecule has 2 amide bonds. The molecule has 4 aliphatic rings. The maximum atomic E-state index is 14.6. The summed E-state index contributed by atoms with van der Waals surface area (Å²) >= 11 is 0. The number of hydrogen-bond donors (Lipinski definition) is 2. The van der Waals surface area contributed by atoms with Crippen molar-refractivity contribution < 1.29 is 14.7 Å². The van der Waals surface area contributed by atoms with Crippen LogP contribution in [0.3, 0.4) is 0 Å². The number of para-hydroxylation sites is 2. The summed E-state index contributed by atoms with van der Waals surface area (Å²) in [6, 6.07) is 14.4. The molecule has 7 heteroatoms. The topological polar surface area (TPSA) is 79.9 Å². The summed E-state index contributed by atoms with van der Waals surface area (Å²) in [4.78, 5) is 37.8. The molecular weight excluding hydrogens is 488 g/mol. The molecule has 4 atom stereocenters. The van der Waals surface area contributed by atoms with E-state index in [1.165, 1.54) is 0 Å². The third-order valence-corrected chi connectivity index (χ3v) is 9.45. The molecule has 7 rings (SSSR count). The fourth-order valence-corrected chi connectivity index (χ4v) is 7.36. The van der Waals surface area contributed by atoms with Crippen LogP contribution >= 0.6 is 0 Å². The quantitative estimate of drug-likeness (QED) is 0.491. The molecule has 7 nitrogen and oxygen atoms in total. The number of anilines is 1. The van der Waals surface area contributed by atoms with Gasteiger partial charge in [-0.2, -0.15) is 0 Å². The van der Waals surface area contributed by atoms with Gasteiger partial charge in [0.1, 0.15) is 23.9 Å². The lowest BCUT2D eigenvalue weighted by atomic mass is 9.82. The van der Waals surface area contributed by atoms with Crippen LogP contribution in [-0.4, -0.2) is 55.5 Å². The van der Waals surface area contributed by atoms with E-state index >= 15 is 0 Å². The Bertz CT molecular complexity index is 1600. The number of aromatic amines is 1. The number of benzene rings is 2. The van der Waals surface area contributed by atoms with Gasteiger partial charge in [-0.3, -0.25) is 9.59 Å². The van der Waals surface area contributed by atoms with Crippen molar-refractivity contribution in [2.24, 2.45) is 0 Å². The van der Waals surface area contributed by atoms with Gasteiger partial charge in [0.05, 0.1) is 5.54 Å². The van der Waals surface area contributed by atoms with Gasteiger partial charge in [0.15, 0.2) is 0 Å². The fraction of sp³-hybridized carbons (Fsp3) is 0.375. The first kappa shape index (κ1) is 24.2. The lowest BCUT2D eigenvalue weighted by molar-refractivity contribution is -0.159. The summed E-state index contributed by atoms with van der Waals surface area (Å²) < 4.78 is 0. The summed E-state index contributed by atoms with van der Waals surface area (Å²) in [7, 11) is 0. The van der Waals surface area contributed by atoms with Crippen LogP contribution in [0, 0.1) is 0 Å². The number of aromatic nitrogens is 1. The lowest BCUT2D eigenvalue weighted by Gasteiger charge is -2.49. The van der Waals surface area contributed by atoms with Gasteiger partial charge in [0, 0.05) is 52.3 Å². The van der Waals surface area contributed by atoms with Crippen LogP contribution in [0.25, 0.3) is 10.9 Å². The van der Waals surface area contributed by atoms with Crippen LogP contribution in [-0.2, 0) is 27.0 Å². The third kappa shape index (κ3) is 3.02. The fourth-order valence-electron chi connectivity index (χ4n) is 7.36. The second-order valence-corrected chi connectivity index (χ2v) is 12.5. The molecule has 0 bridgehead atoms. The third-order valence-electron chi connectivity index (χ3n) is 9.45. The van der Waals surface area contributed by atoms with Crippen LogP contribution in [0.2, 0.25) is 0 Å². The summed E-state index contributed by atoms with van der Waals surface area (Å²) in [6.45, 7) is 12.4. The lowest BCUT2D eigenvalue weighted by Crippen LogP contribution is -2.67. The Kier molecular flexibility index (Phi) is 4.74. The van der Waals surface area contributed by atoms with Crippen molar-refractivity contribution in [1.29, 1.82) is 0 Å². The first-order chi connectivity index (χ1) is 18.5. The van der Waals surface area contributed by atoms with E-state index in [1.54, 1.807) is 16.0 Å². The number of aliphatic hydroxyl groups is 1. The zero-order valence-electron chi connectivity index (χ0n) is 22.8. The molecular formula is C32H34N4O3. The molecule has 0 spiro atoms. The smallest absolute Gasteiger partial charge is 0.250 e. The van der Waals surface area contributed by atoms with Gasteiger partial charge in [-0.05, 0) is 31.5 Å². The number of carbonyl (C=O) groups is 2. The average Bonchev–Trinajstić information content (AvgIpc) is 3.51. The summed E-state index contributed by atoms with van der Waals surface area (Å²) in [5.74, 6) is -0.287. The van der Waals surface area contributed by atoms with Gasteiger partial charge in [0.2, 0.25) is 11.8 Å². The Morgan fingerprint density at radius 3 is 2.54 bits per heavy atom. The SMILES string of the molecule is C=CC(C)(C)N1c2ccccc2[C@@]2(O)C[C@H]3C(=O)N4/C=C\C(C)(C)c5[nH]c6ccccc6c5CC4C(=O)N3[C@@H]12. The molecule has 3 aromatic rings. The van der Waals surface area contributed by atoms with E-state index < -0.39 is 29.4 Å². The number of H-pyrrole nitrogens is 1. The van der Waals surface area contributed by atoms with E-state index in [0.717, 1.165) is 33.4 Å². The monoisotopic (exact) mass is 522 g/mol. The number of nitrogens with one attached hydrogen (secondary N) is 1. The summed E-state index contributed by atoms with van der Waals surface area (Å²) in [6.07, 6.45) is 5.49. The maximum absolute atomic E-state index is 14.6. The van der Waals surface area contributed by atoms with Crippen molar-refractivity contribution in [3.63, 3.8) is 0 Å². The van der Waals surface area contributed by atoms with Crippen molar-refractivity contribution >= 4 is 28.4 Å². The number of hydrogen-bond acceptors (Lipinski definition) is 4. The zero-order valence-corrected chi connectivity index (χ0v) is 22.8. The number of nitrogens with zero attached hydrogens (tertiary/aromatic N) is 3. The molecule has 0 aliphatic carbocycles. The molecule has 2 saturated heterocycles. The summed E-state index contributed by atoms with van der Waals surface area (Å²) in [5, 5.41) is 13.4.